The average molecular weight is 633 g/mol. The largest absolute Gasteiger partial charge is 0.326 e. The molecular weight excluding hydrogens is 601 g/mol. The second-order valence-electron chi connectivity index (χ2n) is 10.7. The van der Waals surface area contributed by atoms with Crippen molar-refractivity contribution in [3.05, 3.63) is 69.7 Å². The Morgan fingerprint density at radius 2 is 1.05 bits per heavy atom. The van der Waals surface area contributed by atoms with E-state index in [1.807, 2.05) is 0 Å². The second kappa shape index (κ2) is 14.3. The van der Waals surface area contributed by atoms with Crippen molar-refractivity contribution in [2.75, 3.05) is 21.3 Å². The van der Waals surface area contributed by atoms with Gasteiger partial charge >= 0.3 is 0 Å². The number of anilines is 4. The van der Waals surface area contributed by atoms with E-state index >= 15 is 0 Å². The van der Waals surface area contributed by atoms with Crippen LogP contribution in [0.25, 0.3) is 0 Å². The molecule has 44 heavy (non-hydrogen) atoms. The number of carbonyl (C=O) groups is 4. The maximum absolute atomic E-state index is 12.6. The Kier molecular flexibility index (Phi) is 10.0. The number of nitrogens with zero attached hydrogens (tertiary/aromatic N) is 4. The summed E-state index contributed by atoms with van der Waals surface area (Å²) < 4.78 is 0. The van der Waals surface area contributed by atoms with Crippen LogP contribution in [-0.4, -0.2) is 44.0 Å². The number of hydrogen-bond donors (Lipinski definition) is 4. The molecule has 0 saturated heterocycles. The summed E-state index contributed by atoms with van der Waals surface area (Å²) in [5.74, 6) is -0.283. The van der Waals surface area contributed by atoms with Crippen LogP contribution >= 0.6 is 22.7 Å². The lowest BCUT2D eigenvalue weighted by Crippen LogP contribution is -2.14. The van der Waals surface area contributed by atoms with E-state index in [-0.39, 0.29) is 48.3 Å². The highest BCUT2D eigenvalue weighted by molar-refractivity contribution is 7.15. The number of benzene rings is 2. The molecule has 0 spiro atoms. The van der Waals surface area contributed by atoms with E-state index in [1.165, 1.54) is 36.5 Å². The molecule has 0 radical (unpaired) electrons. The predicted octanol–water partition coefficient (Wildman–Crippen LogP) is 5.11. The highest BCUT2D eigenvalue weighted by Gasteiger charge is 2.29. The van der Waals surface area contributed by atoms with E-state index in [1.54, 1.807) is 48.5 Å². The molecule has 228 valence electrons. The zero-order valence-electron chi connectivity index (χ0n) is 24.3. The SMILES string of the molecule is CC(=O)Nc1ccc(CC(=O)Nc2nnc([C@@H]3CCC[C@@H](c4nnc(NC(=O)Cc5ccc(NC(C)=O)cc5)s4)C3)s2)cc1. The van der Waals surface area contributed by atoms with Gasteiger partial charge in [-0.05, 0) is 54.7 Å². The van der Waals surface area contributed by atoms with Crippen LogP contribution in [-0.2, 0) is 32.0 Å². The molecule has 5 rings (SSSR count). The van der Waals surface area contributed by atoms with Crippen LogP contribution in [0, 0.1) is 0 Å². The number of nitrogens with one attached hydrogen (secondary N) is 4. The van der Waals surface area contributed by atoms with Crippen LogP contribution < -0.4 is 21.3 Å². The van der Waals surface area contributed by atoms with Gasteiger partial charge in [0, 0.05) is 37.1 Å². The summed E-state index contributed by atoms with van der Waals surface area (Å²) >= 11 is 2.78. The highest BCUT2D eigenvalue weighted by Crippen LogP contribution is 2.43. The van der Waals surface area contributed by atoms with Crippen LogP contribution in [0.15, 0.2) is 48.5 Å². The van der Waals surface area contributed by atoms with Crippen molar-refractivity contribution in [2.24, 2.45) is 0 Å². The molecule has 4 N–H and O–H groups in total. The Morgan fingerprint density at radius 1 is 0.636 bits per heavy atom. The molecule has 2 aromatic carbocycles. The first-order valence-electron chi connectivity index (χ1n) is 14.2. The quantitative estimate of drug-likeness (QED) is 0.187. The minimum Gasteiger partial charge on any atom is -0.326 e. The van der Waals surface area contributed by atoms with E-state index < -0.39 is 0 Å². The molecule has 14 heteroatoms. The minimum atomic E-state index is -0.188. The molecule has 12 nitrogen and oxygen atoms in total. The first-order valence-corrected chi connectivity index (χ1v) is 15.8. The van der Waals surface area contributed by atoms with Gasteiger partial charge < -0.3 is 21.3 Å². The fourth-order valence-electron chi connectivity index (χ4n) is 5.05. The molecule has 2 atom stereocenters. The van der Waals surface area contributed by atoms with E-state index in [4.69, 9.17) is 0 Å². The number of aromatic nitrogens is 4. The van der Waals surface area contributed by atoms with Crippen LogP contribution in [0.4, 0.5) is 21.6 Å². The van der Waals surface area contributed by atoms with Crippen LogP contribution in [0.5, 0.6) is 0 Å². The van der Waals surface area contributed by atoms with Gasteiger partial charge in [-0.1, -0.05) is 53.4 Å². The zero-order chi connectivity index (χ0) is 31.1. The van der Waals surface area contributed by atoms with E-state index in [2.05, 4.69) is 41.7 Å². The molecule has 1 saturated carbocycles. The molecule has 2 heterocycles. The molecule has 1 aliphatic carbocycles. The number of hydrogen-bond acceptors (Lipinski definition) is 10. The minimum absolute atomic E-state index is 0.149. The van der Waals surface area contributed by atoms with Gasteiger partial charge in [0.25, 0.3) is 0 Å². The highest BCUT2D eigenvalue weighted by atomic mass is 32.1. The van der Waals surface area contributed by atoms with Crippen molar-refractivity contribution < 1.29 is 19.2 Å². The smallest absolute Gasteiger partial charge is 0.230 e. The van der Waals surface area contributed by atoms with E-state index in [0.717, 1.165) is 46.8 Å². The van der Waals surface area contributed by atoms with Crippen molar-refractivity contribution in [1.82, 2.24) is 20.4 Å². The molecule has 0 aliphatic heterocycles. The number of rotatable bonds is 10. The van der Waals surface area contributed by atoms with Crippen LogP contribution in [0.1, 0.15) is 72.5 Å². The summed E-state index contributed by atoms with van der Waals surface area (Å²) in [6.07, 6.45) is 4.15. The maximum atomic E-state index is 12.6. The van der Waals surface area contributed by atoms with Crippen LogP contribution in [0.2, 0.25) is 0 Å². The molecule has 4 aromatic rings. The maximum Gasteiger partial charge on any atom is 0.230 e. The Morgan fingerprint density at radius 3 is 1.43 bits per heavy atom. The van der Waals surface area contributed by atoms with Gasteiger partial charge in [0.05, 0.1) is 12.8 Å². The Hall–Kier alpha value is -4.56. The Balaban J connectivity index is 1.11. The number of amides is 4. The van der Waals surface area contributed by atoms with Gasteiger partial charge in [-0.3, -0.25) is 19.2 Å². The van der Waals surface area contributed by atoms with Gasteiger partial charge in [-0.25, -0.2) is 0 Å². The normalized spacial score (nSPS) is 16.1. The topological polar surface area (TPSA) is 168 Å². The van der Waals surface area contributed by atoms with Gasteiger partial charge in [-0.15, -0.1) is 20.4 Å². The van der Waals surface area contributed by atoms with Crippen molar-refractivity contribution in [2.45, 2.75) is 64.2 Å². The van der Waals surface area contributed by atoms with Gasteiger partial charge in [0.1, 0.15) is 10.0 Å². The second-order valence-corrected chi connectivity index (χ2v) is 12.7. The number of carbonyl (C=O) groups excluding carboxylic acids is 4. The molecule has 1 aliphatic rings. The third kappa shape index (κ3) is 8.74. The average Bonchev–Trinajstić information content (AvgIpc) is 3.65. The van der Waals surface area contributed by atoms with Crippen molar-refractivity contribution in [1.29, 1.82) is 0 Å². The molecule has 0 unspecified atom stereocenters. The lowest BCUT2D eigenvalue weighted by Gasteiger charge is -2.25. The summed E-state index contributed by atoms with van der Waals surface area (Å²) in [5, 5.41) is 31.0. The summed E-state index contributed by atoms with van der Waals surface area (Å²) in [6.45, 7) is 2.89. The van der Waals surface area contributed by atoms with Crippen molar-refractivity contribution in [3.63, 3.8) is 0 Å². The molecule has 2 aromatic heterocycles. The zero-order valence-corrected chi connectivity index (χ0v) is 25.9. The standard InChI is InChI=1S/C30H32N8O4S2/c1-17(39)31-23-10-6-19(7-11-23)14-25(41)33-29-37-35-27(43-29)21-4-3-5-22(16-21)28-36-38-30(44-28)34-26(42)15-20-8-12-24(13-9-20)32-18(2)40/h6-13,21-22H,3-5,14-16H2,1-2H3,(H,31,39)(H,32,40)(H,33,37,41)(H,34,38,42)/t21-,22-/m1/s1. The Bertz CT molecular complexity index is 1520. The van der Waals surface area contributed by atoms with E-state index in [0.29, 0.717) is 21.6 Å². The third-order valence-corrected chi connectivity index (χ3v) is 9.03. The summed E-state index contributed by atoms with van der Waals surface area (Å²) in [5.41, 5.74) is 3.00. The first kappa shape index (κ1) is 30.9. The van der Waals surface area contributed by atoms with Crippen molar-refractivity contribution in [3.8, 4) is 0 Å². The Labute approximate surface area is 262 Å². The third-order valence-electron chi connectivity index (χ3n) is 7.02. The first-order chi connectivity index (χ1) is 21.2. The van der Waals surface area contributed by atoms with Gasteiger partial charge in [0.2, 0.25) is 33.9 Å². The van der Waals surface area contributed by atoms with E-state index in [9.17, 15) is 19.2 Å². The lowest BCUT2D eigenvalue weighted by molar-refractivity contribution is -0.116. The lowest BCUT2D eigenvalue weighted by atomic mass is 9.82. The summed E-state index contributed by atoms with van der Waals surface area (Å²) in [7, 11) is 0. The van der Waals surface area contributed by atoms with Crippen LogP contribution in [0.3, 0.4) is 0 Å². The summed E-state index contributed by atoms with van der Waals surface area (Å²) in [4.78, 5) is 47.6. The molecule has 1 fully saturated rings. The summed E-state index contributed by atoms with van der Waals surface area (Å²) in [6, 6.07) is 14.3. The van der Waals surface area contributed by atoms with Gasteiger partial charge in [0.15, 0.2) is 0 Å². The van der Waals surface area contributed by atoms with Crippen molar-refractivity contribution >= 4 is 67.9 Å². The monoisotopic (exact) mass is 632 g/mol. The molecular formula is C30H32N8O4S2. The predicted molar refractivity (Wildman–Crippen MR) is 170 cm³/mol. The molecule has 0 bridgehead atoms. The fraction of sp³-hybridized carbons (Fsp3) is 0.333. The van der Waals surface area contributed by atoms with Gasteiger partial charge in [-0.2, -0.15) is 0 Å². The fourth-order valence-corrected chi connectivity index (χ4v) is 6.87. The molecule has 4 amide bonds.